The number of phenols is 1. The molecule has 0 atom stereocenters. The lowest BCUT2D eigenvalue weighted by Crippen LogP contribution is -2.19. The van der Waals surface area contributed by atoms with Gasteiger partial charge >= 0.3 is 0 Å². The van der Waals surface area contributed by atoms with Crippen LogP contribution in [0, 0.1) is 0 Å². The molecule has 0 saturated heterocycles. The molecule has 24 heavy (non-hydrogen) atoms. The van der Waals surface area contributed by atoms with Gasteiger partial charge in [0.15, 0.2) is 11.5 Å². The molecule has 4 heteroatoms. The van der Waals surface area contributed by atoms with Gasteiger partial charge in [-0.25, -0.2) is 0 Å². The lowest BCUT2D eigenvalue weighted by Gasteiger charge is -2.18. The molecule has 1 aliphatic rings. The van der Waals surface area contributed by atoms with E-state index in [1.165, 1.54) is 0 Å². The van der Waals surface area contributed by atoms with E-state index in [4.69, 9.17) is 4.74 Å². The maximum Gasteiger partial charge on any atom is 0.251 e. The number of fused-ring (bicyclic) bond motifs is 3. The molecule has 0 saturated carbocycles. The average molecular weight is 321 g/mol. The van der Waals surface area contributed by atoms with Crippen molar-refractivity contribution >= 4 is 10.9 Å². The summed E-state index contributed by atoms with van der Waals surface area (Å²) in [6.07, 6.45) is 3.87. The molecule has 0 unspecified atom stereocenters. The van der Waals surface area contributed by atoms with Crippen LogP contribution in [0.3, 0.4) is 0 Å². The van der Waals surface area contributed by atoms with E-state index in [2.05, 4.69) is 4.98 Å². The number of ether oxygens (including phenoxy) is 1. The van der Waals surface area contributed by atoms with Crippen molar-refractivity contribution in [1.82, 2.24) is 4.98 Å². The number of phenolic OH excluding ortho intramolecular Hbond substituents is 1. The van der Waals surface area contributed by atoms with Crippen molar-refractivity contribution in [3.05, 3.63) is 69.5 Å². The van der Waals surface area contributed by atoms with Gasteiger partial charge in [-0.3, -0.25) is 4.79 Å². The minimum Gasteiger partial charge on any atom is -0.504 e. The summed E-state index contributed by atoms with van der Waals surface area (Å²) in [5.41, 5.74) is 3.67. The van der Waals surface area contributed by atoms with E-state index in [0.717, 1.165) is 47.8 Å². The van der Waals surface area contributed by atoms with E-state index in [9.17, 15) is 9.90 Å². The molecular weight excluding hydrogens is 302 g/mol. The Morgan fingerprint density at radius 3 is 2.58 bits per heavy atom. The quantitative estimate of drug-likeness (QED) is 0.773. The Kier molecular flexibility index (Phi) is 3.73. The summed E-state index contributed by atoms with van der Waals surface area (Å²) in [7, 11) is 0. The monoisotopic (exact) mass is 321 g/mol. The summed E-state index contributed by atoms with van der Waals surface area (Å²) < 4.78 is 5.81. The molecule has 3 aromatic rings. The smallest absolute Gasteiger partial charge is 0.251 e. The SMILES string of the molecule is O=c1[nH]c2cc(O)c(OCc3ccccc3)cc2c2c1CCCC2. The Morgan fingerprint density at radius 1 is 1.04 bits per heavy atom. The highest BCUT2D eigenvalue weighted by molar-refractivity contribution is 5.86. The van der Waals surface area contributed by atoms with Crippen molar-refractivity contribution in [1.29, 1.82) is 0 Å². The van der Waals surface area contributed by atoms with Gasteiger partial charge in [-0.2, -0.15) is 0 Å². The molecular formula is C20H19NO3. The van der Waals surface area contributed by atoms with Crippen molar-refractivity contribution < 1.29 is 9.84 Å². The predicted molar refractivity (Wildman–Crippen MR) is 93.6 cm³/mol. The Balaban J connectivity index is 1.75. The number of rotatable bonds is 3. The number of H-pyrrole nitrogens is 1. The number of benzene rings is 2. The van der Waals surface area contributed by atoms with Crippen LogP contribution in [0.25, 0.3) is 10.9 Å². The molecule has 0 bridgehead atoms. The third kappa shape index (κ3) is 2.64. The fourth-order valence-electron chi connectivity index (χ4n) is 3.42. The van der Waals surface area contributed by atoms with Crippen LogP contribution in [0.5, 0.6) is 11.5 Å². The first-order chi connectivity index (χ1) is 11.7. The van der Waals surface area contributed by atoms with Crippen LogP contribution in [0.2, 0.25) is 0 Å². The lowest BCUT2D eigenvalue weighted by molar-refractivity contribution is 0.289. The lowest BCUT2D eigenvalue weighted by atomic mass is 9.90. The topological polar surface area (TPSA) is 62.3 Å². The van der Waals surface area contributed by atoms with Crippen LogP contribution in [0.1, 0.15) is 29.5 Å². The highest BCUT2D eigenvalue weighted by Crippen LogP contribution is 2.34. The van der Waals surface area contributed by atoms with Gasteiger partial charge < -0.3 is 14.8 Å². The van der Waals surface area contributed by atoms with Gasteiger partial charge in [-0.15, -0.1) is 0 Å². The zero-order valence-corrected chi connectivity index (χ0v) is 13.3. The number of aromatic amines is 1. The highest BCUT2D eigenvalue weighted by atomic mass is 16.5. The molecule has 1 aliphatic carbocycles. The maximum absolute atomic E-state index is 12.2. The second kappa shape index (κ2) is 6.04. The highest BCUT2D eigenvalue weighted by Gasteiger charge is 2.18. The number of hydrogen-bond acceptors (Lipinski definition) is 3. The van der Waals surface area contributed by atoms with Gasteiger partial charge in [0, 0.05) is 17.0 Å². The van der Waals surface area contributed by atoms with Crippen LogP contribution < -0.4 is 10.3 Å². The van der Waals surface area contributed by atoms with E-state index in [1.54, 1.807) is 6.07 Å². The zero-order chi connectivity index (χ0) is 16.5. The molecule has 2 N–H and O–H groups in total. The summed E-state index contributed by atoms with van der Waals surface area (Å²) in [6, 6.07) is 13.3. The average Bonchev–Trinajstić information content (AvgIpc) is 2.61. The predicted octanol–water partition coefficient (Wildman–Crippen LogP) is 3.69. The molecule has 0 radical (unpaired) electrons. The van der Waals surface area contributed by atoms with Crippen LogP contribution in [-0.4, -0.2) is 10.1 Å². The summed E-state index contributed by atoms with van der Waals surface area (Å²) >= 11 is 0. The van der Waals surface area contributed by atoms with Crippen molar-refractivity contribution in [3.63, 3.8) is 0 Å². The summed E-state index contributed by atoms with van der Waals surface area (Å²) in [6.45, 7) is 0.394. The molecule has 2 aromatic carbocycles. The number of aromatic hydroxyl groups is 1. The third-order valence-electron chi connectivity index (χ3n) is 4.65. The van der Waals surface area contributed by atoms with Gasteiger partial charge in [-0.1, -0.05) is 30.3 Å². The van der Waals surface area contributed by atoms with Crippen molar-refractivity contribution in [2.45, 2.75) is 32.3 Å². The van der Waals surface area contributed by atoms with Crippen molar-refractivity contribution in [2.24, 2.45) is 0 Å². The van der Waals surface area contributed by atoms with E-state index in [1.807, 2.05) is 36.4 Å². The maximum atomic E-state index is 12.2. The summed E-state index contributed by atoms with van der Waals surface area (Å²) in [5.74, 6) is 0.496. The van der Waals surface area contributed by atoms with Gasteiger partial charge in [0.1, 0.15) is 6.61 Å². The minimum absolute atomic E-state index is 0.0328. The molecule has 122 valence electrons. The number of aryl methyl sites for hydroxylation is 1. The number of pyridine rings is 1. The van der Waals surface area contributed by atoms with Crippen molar-refractivity contribution in [2.75, 3.05) is 0 Å². The molecule has 4 nitrogen and oxygen atoms in total. The van der Waals surface area contributed by atoms with Crippen LogP contribution in [0.4, 0.5) is 0 Å². The van der Waals surface area contributed by atoms with E-state index in [-0.39, 0.29) is 11.3 Å². The molecule has 0 amide bonds. The van der Waals surface area contributed by atoms with E-state index in [0.29, 0.717) is 17.9 Å². The standard InChI is InChI=1S/C20H19NO3/c22-18-11-17-16(14-8-4-5-9-15(14)20(23)21-17)10-19(18)24-12-13-6-2-1-3-7-13/h1-3,6-7,10-11,22H,4-5,8-9,12H2,(H,21,23). The molecule has 0 spiro atoms. The van der Waals surface area contributed by atoms with E-state index < -0.39 is 0 Å². The Hall–Kier alpha value is -2.75. The minimum atomic E-state index is -0.0328. The largest absolute Gasteiger partial charge is 0.504 e. The van der Waals surface area contributed by atoms with Gasteiger partial charge in [0.25, 0.3) is 5.56 Å². The van der Waals surface area contributed by atoms with Gasteiger partial charge in [0.2, 0.25) is 0 Å². The van der Waals surface area contributed by atoms with Gasteiger partial charge in [0.05, 0.1) is 5.52 Å². The molecule has 4 rings (SSSR count). The molecule has 1 aromatic heterocycles. The normalized spacial score (nSPS) is 13.7. The zero-order valence-electron chi connectivity index (χ0n) is 13.3. The third-order valence-corrected chi connectivity index (χ3v) is 4.65. The molecule has 0 fully saturated rings. The fourth-order valence-corrected chi connectivity index (χ4v) is 3.42. The number of hydrogen-bond donors (Lipinski definition) is 2. The van der Waals surface area contributed by atoms with Crippen LogP contribution >= 0.6 is 0 Å². The van der Waals surface area contributed by atoms with E-state index >= 15 is 0 Å². The first-order valence-electron chi connectivity index (χ1n) is 8.30. The van der Waals surface area contributed by atoms with Crippen LogP contribution in [0.15, 0.2) is 47.3 Å². The summed E-state index contributed by atoms with van der Waals surface area (Å²) in [4.78, 5) is 15.1. The molecule has 1 heterocycles. The fraction of sp³-hybridized carbons (Fsp3) is 0.250. The van der Waals surface area contributed by atoms with Crippen molar-refractivity contribution in [3.8, 4) is 11.5 Å². The van der Waals surface area contributed by atoms with Gasteiger partial charge in [-0.05, 0) is 42.9 Å². The van der Waals surface area contributed by atoms with Crippen LogP contribution in [-0.2, 0) is 19.4 Å². The first-order valence-corrected chi connectivity index (χ1v) is 8.30. The first kappa shape index (κ1) is 14.8. The second-order valence-corrected chi connectivity index (χ2v) is 6.26. The Bertz CT molecular complexity index is 944. The summed E-state index contributed by atoms with van der Waals surface area (Å²) in [5, 5.41) is 11.2. The Morgan fingerprint density at radius 2 is 1.79 bits per heavy atom. The number of aromatic nitrogens is 1. The Labute approximate surface area is 139 Å². The number of nitrogens with one attached hydrogen (secondary N) is 1. The second-order valence-electron chi connectivity index (χ2n) is 6.26. The molecule has 0 aliphatic heterocycles.